The van der Waals surface area contributed by atoms with Crippen LogP contribution in [0.25, 0.3) is 0 Å². The molecular weight excluding hydrogens is 194 g/mol. The average molecular weight is 211 g/mol. The molecule has 3 rings (SSSR count). The van der Waals surface area contributed by atoms with E-state index < -0.39 is 0 Å². The Morgan fingerprint density at radius 1 is 1.25 bits per heavy atom. The van der Waals surface area contributed by atoms with Crippen molar-refractivity contribution in [2.45, 2.75) is 32.4 Å². The summed E-state index contributed by atoms with van der Waals surface area (Å²) in [6.45, 7) is 3.38. The van der Waals surface area contributed by atoms with Crippen LogP contribution in [0.4, 0.5) is 0 Å². The van der Waals surface area contributed by atoms with Crippen LogP contribution in [-0.4, -0.2) is 10.9 Å². The largest absolute Gasteiger partial charge is 0.364 e. The maximum Gasteiger partial charge on any atom is 0.0432 e. The lowest BCUT2D eigenvalue weighted by atomic mass is 10.1. The summed E-state index contributed by atoms with van der Waals surface area (Å²) >= 11 is 0. The molecule has 0 fully saturated rings. The summed E-state index contributed by atoms with van der Waals surface area (Å²) in [5, 5.41) is 0. The molecule has 1 aromatic rings. The highest BCUT2D eigenvalue weighted by atomic mass is 15.2. The van der Waals surface area contributed by atoms with Gasteiger partial charge in [-0.2, -0.15) is 0 Å². The van der Waals surface area contributed by atoms with Crippen LogP contribution in [0.1, 0.15) is 25.3 Å². The van der Waals surface area contributed by atoms with Gasteiger partial charge in [0.25, 0.3) is 0 Å². The number of rotatable bonds is 2. The van der Waals surface area contributed by atoms with Crippen LogP contribution in [-0.2, 0) is 6.54 Å². The standard InChI is InChI=1S/C15H17N/c1-12-10-14-8-5-9-15(14)16(12)11-13-6-3-2-4-7-13/h2-7,9,12H,8,10-11H2,1H3. The Kier molecular flexibility index (Phi) is 2.32. The van der Waals surface area contributed by atoms with E-state index in [-0.39, 0.29) is 0 Å². The second kappa shape index (κ2) is 3.82. The molecule has 1 unspecified atom stereocenters. The van der Waals surface area contributed by atoms with E-state index in [1.54, 1.807) is 5.57 Å². The van der Waals surface area contributed by atoms with Crippen LogP contribution in [0, 0.1) is 0 Å². The quantitative estimate of drug-likeness (QED) is 0.723. The van der Waals surface area contributed by atoms with Crippen LogP contribution < -0.4 is 0 Å². The first-order valence-corrected chi connectivity index (χ1v) is 6.04. The summed E-state index contributed by atoms with van der Waals surface area (Å²) in [5.41, 5.74) is 4.52. The Labute approximate surface area is 97.1 Å². The van der Waals surface area contributed by atoms with Gasteiger partial charge in [-0.1, -0.05) is 36.4 Å². The second-order valence-electron chi connectivity index (χ2n) is 4.76. The van der Waals surface area contributed by atoms with Crippen LogP contribution in [0.2, 0.25) is 0 Å². The SMILES string of the molecule is CC1CC2=C(C=CC2)N1Cc1ccccc1. The van der Waals surface area contributed by atoms with Gasteiger partial charge in [-0.05, 0) is 37.0 Å². The zero-order chi connectivity index (χ0) is 11.0. The third kappa shape index (κ3) is 1.57. The van der Waals surface area contributed by atoms with E-state index in [1.807, 2.05) is 0 Å². The molecule has 1 heteroatoms. The van der Waals surface area contributed by atoms with E-state index >= 15 is 0 Å². The van der Waals surface area contributed by atoms with Crippen molar-refractivity contribution in [2.75, 3.05) is 0 Å². The van der Waals surface area contributed by atoms with Gasteiger partial charge in [0.1, 0.15) is 0 Å². The van der Waals surface area contributed by atoms with E-state index in [9.17, 15) is 0 Å². The van der Waals surface area contributed by atoms with Crippen molar-refractivity contribution in [2.24, 2.45) is 0 Å². The zero-order valence-corrected chi connectivity index (χ0v) is 9.69. The van der Waals surface area contributed by atoms with Crippen molar-refractivity contribution in [1.29, 1.82) is 0 Å². The highest BCUT2D eigenvalue weighted by molar-refractivity contribution is 5.38. The number of benzene rings is 1. The lowest BCUT2D eigenvalue weighted by molar-refractivity contribution is 0.294. The van der Waals surface area contributed by atoms with Gasteiger partial charge in [0.05, 0.1) is 0 Å². The fourth-order valence-electron chi connectivity index (χ4n) is 2.75. The topological polar surface area (TPSA) is 3.24 Å². The van der Waals surface area contributed by atoms with Gasteiger partial charge < -0.3 is 4.90 Å². The van der Waals surface area contributed by atoms with Gasteiger partial charge in [-0.15, -0.1) is 0 Å². The zero-order valence-electron chi connectivity index (χ0n) is 9.69. The Bertz CT molecular complexity index is 442. The molecule has 0 N–H and O–H groups in total. The molecule has 1 aliphatic heterocycles. The average Bonchev–Trinajstić information content (AvgIpc) is 2.84. The van der Waals surface area contributed by atoms with Gasteiger partial charge in [0, 0.05) is 18.3 Å². The first-order chi connectivity index (χ1) is 7.84. The van der Waals surface area contributed by atoms with E-state index in [0.717, 1.165) is 6.54 Å². The highest BCUT2D eigenvalue weighted by Crippen LogP contribution is 2.36. The molecule has 0 spiro atoms. The van der Waals surface area contributed by atoms with Gasteiger partial charge in [-0.25, -0.2) is 0 Å². The monoisotopic (exact) mass is 211 g/mol. The van der Waals surface area contributed by atoms with Crippen molar-refractivity contribution in [3.8, 4) is 0 Å². The minimum atomic E-state index is 0.662. The normalized spacial score (nSPS) is 23.1. The van der Waals surface area contributed by atoms with Crippen molar-refractivity contribution in [3.63, 3.8) is 0 Å². The lowest BCUT2D eigenvalue weighted by Crippen LogP contribution is -2.26. The first-order valence-electron chi connectivity index (χ1n) is 6.04. The molecule has 0 saturated carbocycles. The van der Waals surface area contributed by atoms with Crippen LogP contribution in [0.3, 0.4) is 0 Å². The maximum atomic E-state index is 2.54. The van der Waals surface area contributed by atoms with E-state index in [2.05, 4.69) is 54.3 Å². The molecule has 0 radical (unpaired) electrons. The van der Waals surface area contributed by atoms with Gasteiger partial charge in [0.2, 0.25) is 0 Å². The Morgan fingerprint density at radius 2 is 2.06 bits per heavy atom. The second-order valence-corrected chi connectivity index (χ2v) is 4.76. The third-order valence-electron chi connectivity index (χ3n) is 3.58. The lowest BCUT2D eigenvalue weighted by Gasteiger charge is -2.26. The van der Waals surface area contributed by atoms with Gasteiger partial charge >= 0.3 is 0 Å². The predicted octanol–water partition coefficient (Wildman–Crippen LogP) is 3.49. The number of nitrogens with zero attached hydrogens (tertiary/aromatic N) is 1. The summed E-state index contributed by atoms with van der Waals surface area (Å²) in [6, 6.07) is 11.4. The number of hydrogen-bond acceptors (Lipinski definition) is 1. The summed E-state index contributed by atoms with van der Waals surface area (Å²) in [7, 11) is 0. The summed E-state index contributed by atoms with van der Waals surface area (Å²) in [5.74, 6) is 0. The summed E-state index contributed by atoms with van der Waals surface area (Å²) in [6.07, 6.45) is 7.00. The van der Waals surface area contributed by atoms with Crippen molar-refractivity contribution in [3.05, 3.63) is 59.3 Å². The molecule has 0 saturated heterocycles. The molecule has 0 aromatic heterocycles. The van der Waals surface area contributed by atoms with Crippen molar-refractivity contribution < 1.29 is 0 Å². The smallest absolute Gasteiger partial charge is 0.0432 e. The molecule has 1 nitrogen and oxygen atoms in total. The van der Waals surface area contributed by atoms with Gasteiger partial charge in [-0.3, -0.25) is 0 Å². The Hall–Kier alpha value is -1.50. The molecule has 82 valence electrons. The minimum absolute atomic E-state index is 0.662. The maximum absolute atomic E-state index is 2.54. The minimum Gasteiger partial charge on any atom is -0.364 e. The molecule has 1 atom stereocenters. The fourth-order valence-corrected chi connectivity index (χ4v) is 2.75. The van der Waals surface area contributed by atoms with Crippen molar-refractivity contribution >= 4 is 0 Å². The Morgan fingerprint density at radius 3 is 2.88 bits per heavy atom. The molecule has 1 aromatic carbocycles. The molecule has 16 heavy (non-hydrogen) atoms. The molecular formula is C15H17N. The molecule has 2 aliphatic rings. The third-order valence-corrected chi connectivity index (χ3v) is 3.58. The molecule has 0 bridgehead atoms. The first kappa shape index (κ1) is 9.71. The molecule has 1 heterocycles. The van der Waals surface area contributed by atoms with E-state index in [0.29, 0.717) is 6.04 Å². The molecule has 1 aliphatic carbocycles. The van der Waals surface area contributed by atoms with E-state index in [4.69, 9.17) is 0 Å². The summed E-state index contributed by atoms with van der Waals surface area (Å²) in [4.78, 5) is 2.54. The van der Waals surface area contributed by atoms with E-state index in [1.165, 1.54) is 24.1 Å². The fraction of sp³-hybridized carbons (Fsp3) is 0.333. The highest BCUT2D eigenvalue weighted by Gasteiger charge is 2.28. The predicted molar refractivity (Wildman–Crippen MR) is 66.8 cm³/mol. The van der Waals surface area contributed by atoms with Crippen LogP contribution in [0.5, 0.6) is 0 Å². The Balaban J connectivity index is 1.82. The summed E-state index contributed by atoms with van der Waals surface area (Å²) < 4.78 is 0. The number of hydrogen-bond donors (Lipinski definition) is 0. The van der Waals surface area contributed by atoms with Crippen LogP contribution >= 0.6 is 0 Å². The van der Waals surface area contributed by atoms with Gasteiger partial charge in [0.15, 0.2) is 0 Å². The van der Waals surface area contributed by atoms with Crippen LogP contribution in [0.15, 0.2) is 53.8 Å². The molecule has 0 amide bonds. The van der Waals surface area contributed by atoms with Crippen molar-refractivity contribution in [1.82, 2.24) is 4.90 Å². The number of allylic oxidation sites excluding steroid dienone is 2.